The van der Waals surface area contributed by atoms with Crippen molar-refractivity contribution in [3.63, 3.8) is 0 Å². The zero-order valence-corrected chi connectivity index (χ0v) is 20.3. The molecule has 1 fully saturated rings. The average molecular weight is 520 g/mol. The van der Waals surface area contributed by atoms with Crippen LogP contribution < -0.4 is 16.1 Å². The second kappa shape index (κ2) is 10.7. The van der Waals surface area contributed by atoms with Crippen molar-refractivity contribution in [3.8, 4) is 0 Å². The molecule has 36 heavy (non-hydrogen) atoms. The zero-order chi connectivity index (χ0) is 26.6. The number of nitrogens with zero attached hydrogens (tertiary/aromatic N) is 5. The zero-order valence-electron chi connectivity index (χ0n) is 19.5. The number of sulfonamides is 1. The third kappa shape index (κ3) is 5.75. The van der Waals surface area contributed by atoms with Crippen molar-refractivity contribution in [3.05, 3.63) is 62.2 Å². The largest absolute Gasteiger partial charge is 0.372 e. The molecule has 1 aliphatic rings. The molecule has 1 heterocycles. The number of nitro benzene ring substituents is 2. The fraction of sp³-hybridized carbons (Fsp3) is 0.333. The van der Waals surface area contributed by atoms with E-state index in [1.165, 1.54) is 18.3 Å². The lowest BCUT2D eigenvalue weighted by Gasteiger charge is -2.30. The standard InChI is InChI=1S/C21H25N7O7S/c1-25(2)18-6-3-14(11-19(18)28(32)33)13-23-24-17-5-4-16(27(30)31)12-20(17)36(34,35)26-9-7-15(8-10-26)21(22)29/h3-6,11-13,15,24H,7-10H2,1-2H3,(H2,22,29)/b23-13-. The van der Waals surface area contributed by atoms with Crippen molar-refractivity contribution in [2.75, 3.05) is 37.5 Å². The minimum atomic E-state index is -4.18. The van der Waals surface area contributed by atoms with Gasteiger partial charge in [0.15, 0.2) is 0 Å². The predicted octanol–water partition coefficient (Wildman–Crippen LogP) is 1.90. The minimum absolute atomic E-state index is 0.0201. The molecule has 3 rings (SSSR count). The summed E-state index contributed by atoms with van der Waals surface area (Å²) in [4.78, 5) is 34.1. The van der Waals surface area contributed by atoms with Crippen LogP contribution in [-0.2, 0) is 14.8 Å². The summed E-state index contributed by atoms with van der Waals surface area (Å²) < 4.78 is 27.8. The molecule has 2 aromatic carbocycles. The summed E-state index contributed by atoms with van der Waals surface area (Å²) in [5.41, 5.74) is 8.08. The summed E-state index contributed by atoms with van der Waals surface area (Å²) in [7, 11) is -0.838. The lowest BCUT2D eigenvalue weighted by molar-refractivity contribution is -0.385. The van der Waals surface area contributed by atoms with Gasteiger partial charge >= 0.3 is 0 Å². The van der Waals surface area contributed by atoms with E-state index in [-0.39, 0.29) is 42.2 Å². The summed E-state index contributed by atoms with van der Waals surface area (Å²) in [6.07, 6.45) is 1.75. The van der Waals surface area contributed by atoms with Crippen LogP contribution in [0.25, 0.3) is 0 Å². The third-order valence-electron chi connectivity index (χ3n) is 5.73. The van der Waals surface area contributed by atoms with Crippen molar-refractivity contribution in [2.24, 2.45) is 16.8 Å². The van der Waals surface area contributed by atoms with E-state index < -0.39 is 37.4 Å². The van der Waals surface area contributed by atoms with Gasteiger partial charge in [-0.1, -0.05) is 6.07 Å². The molecule has 15 heteroatoms. The molecule has 0 radical (unpaired) electrons. The van der Waals surface area contributed by atoms with Crippen molar-refractivity contribution in [1.82, 2.24) is 4.31 Å². The van der Waals surface area contributed by atoms with Gasteiger partial charge in [-0.3, -0.25) is 30.4 Å². The highest BCUT2D eigenvalue weighted by Gasteiger charge is 2.33. The van der Waals surface area contributed by atoms with Crippen molar-refractivity contribution < 1.29 is 23.1 Å². The summed E-state index contributed by atoms with van der Waals surface area (Å²) in [5.74, 6) is -0.940. The highest BCUT2D eigenvalue weighted by Crippen LogP contribution is 2.32. The van der Waals surface area contributed by atoms with Gasteiger partial charge in [-0.15, -0.1) is 0 Å². The van der Waals surface area contributed by atoms with E-state index in [4.69, 9.17) is 5.73 Å². The first-order valence-electron chi connectivity index (χ1n) is 10.7. The molecule has 0 unspecified atom stereocenters. The van der Waals surface area contributed by atoms with Crippen LogP contribution in [0.4, 0.5) is 22.7 Å². The van der Waals surface area contributed by atoms with Crippen LogP contribution >= 0.6 is 0 Å². The maximum atomic E-state index is 13.3. The molecule has 0 aliphatic carbocycles. The molecule has 0 aromatic heterocycles. The second-order valence-electron chi connectivity index (χ2n) is 8.29. The van der Waals surface area contributed by atoms with Crippen molar-refractivity contribution >= 4 is 44.9 Å². The molecule has 0 spiro atoms. The number of carbonyl (C=O) groups is 1. The number of benzene rings is 2. The second-order valence-corrected chi connectivity index (χ2v) is 10.2. The molecular formula is C21H25N7O7S. The Morgan fingerprint density at radius 3 is 2.36 bits per heavy atom. The molecule has 3 N–H and O–H groups in total. The van der Waals surface area contributed by atoms with Gasteiger partial charge in [0.25, 0.3) is 11.4 Å². The fourth-order valence-electron chi connectivity index (χ4n) is 3.77. The Hall–Kier alpha value is -4.11. The Balaban J connectivity index is 1.90. The van der Waals surface area contributed by atoms with Gasteiger partial charge in [0.1, 0.15) is 10.6 Å². The molecule has 1 amide bonds. The first-order valence-corrected chi connectivity index (χ1v) is 12.2. The lowest BCUT2D eigenvalue weighted by Crippen LogP contribution is -2.41. The number of anilines is 2. The van der Waals surface area contributed by atoms with E-state index in [9.17, 15) is 33.4 Å². The molecule has 1 aliphatic heterocycles. The molecule has 0 atom stereocenters. The fourth-order valence-corrected chi connectivity index (χ4v) is 5.40. The summed E-state index contributed by atoms with van der Waals surface area (Å²) in [6.45, 7) is 0.0620. The molecular weight excluding hydrogens is 494 g/mol. The highest BCUT2D eigenvalue weighted by molar-refractivity contribution is 7.89. The number of nitrogens with two attached hydrogens (primary N) is 1. The molecule has 192 valence electrons. The van der Waals surface area contributed by atoms with Crippen LogP contribution in [0.1, 0.15) is 18.4 Å². The van der Waals surface area contributed by atoms with Gasteiger partial charge in [0, 0.05) is 56.9 Å². The summed E-state index contributed by atoms with van der Waals surface area (Å²) >= 11 is 0. The number of hydrazone groups is 1. The Morgan fingerprint density at radius 1 is 1.14 bits per heavy atom. The smallest absolute Gasteiger partial charge is 0.293 e. The quantitative estimate of drug-likeness (QED) is 0.282. The van der Waals surface area contributed by atoms with Crippen LogP contribution in [-0.4, -0.2) is 61.9 Å². The van der Waals surface area contributed by atoms with Crippen LogP contribution in [0.5, 0.6) is 0 Å². The molecule has 14 nitrogen and oxygen atoms in total. The van der Waals surface area contributed by atoms with E-state index in [0.717, 1.165) is 16.4 Å². The summed E-state index contributed by atoms with van der Waals surface area (Å²) in [5, 5.41) is 26.7. The maximum Gasteiger partial charge on any atom is 0.293 e. The first kappa shape index (κ1) is 26.5. The maximum absolute atomic E-state index is 13.3. The number of hydrogen-bond donors (Lipinski definition) is 2. The molecule has 2 aromatic rings. The molecule has 0 saturated carbocycles. The number of carbonyl (C=O) groups excluding carboxylic acids is 1. The SMILES string of the molecule is CN(C)c1ccc(/C=N\Nc2ccc([N+](=O)[O-])cc2S(=O)(=O)N2CCC(C(N)=O)CC2)cc1[N+](=O)[O-]. The Bertz CT molecular complexity index is 1320. The van der Waals surface area contributed by atoms with Crippen molar-refractivity contribution in [2.45, 2.75) is 17.7 Å². The van der Waals surface area contributed by atoms with Gasteiger partial charge in [0.2, 0.25) is 15.9 Å². The normalized spacial score (nSPS) is 15.1. The van der Waals surface area contributed by atoms with Gasteiger partial charge in [-0.25, -0.2) is 8.42 Å². The van der Waals surface area contributed by atoms with E-state index in [1.807, 2.05) is 0 Å². The Morgan fingerprint density at radius 2 is 1.81 bits per heavy atom. The van der Waals surface area contributed by atoms with Crippen LogP contribution in [0.3, 0.4) is 0 Å². The monoisotopic (exact) mass is 519 g/mol. The lowest BCUT2D eigenvalue weighted by atomic mass is 9.98. The van der Waals surface area contributed by atoms with E-state index in [2.05, 4.69) is 10.5 Å². The topological polar surface area (TPSA) is 194 Å². The van der Waals surface area contributed by atoms with Gasteiger partial charge in [0.05, 0.1) is 21.7 Å². The van der Waals surface area contributed by atoms with Crippen LogP contribution in [0.2, 0.25) is 0 Å². The number of primary amides is 1. The highest BCUT2D eigenvalue weighted by atomic mass is 32.2. The third-order valence-corrected chi connectivity index (χ3v) is 7.67. The number of piperidine rings is 1. The van der Waals surface area contributed by atoms with Gasteiger partial charge in [-0.2, -0.15) is 9.41 Å². The Labute approximate surface area is 206 Å². The van der Waals surface area contributed by atoms with E-state index in [0.29, 0.717) is 11.3 Å². The number of amides is 1. The number of nitrogens with one attached hydrogen (secondary N) is 1. The first-order chi connectivity index (χ1) is 16.9. The van der Waals surface area contributed by atoms with E-state index in [1.54, 1.807) is 31.1 Å². The number of hydrogen-bond acceptors (Lipinski definition) is 10. The number of nitro groups is 2. The van der Waals surface area contributed by atoms with Crippen LogP contribution in [0, 0.1) is 26.1 Å². The van der Waals surface area contributed by atoms with Gasteiger partial charge < -0.3 is 10.6 Å². The average Bonchev–Trinajstić information content (AvgIpc) is 2.83. The number of non-ortho nitro benzene ring substituents is 1. The van der Waals surface area contributed by atoms with Gasteiger partial charge in [-0.05, 0) is 25.0 Å². The summed E-state index contributed by atoms with van der Waals surface area (Å²) in [6, 6.07) is 7.75. The minimum Gasteiger partial charge on any atom is -0.372 e. The van der Waals surface area contributed by atoms with Crippen LogP contribution in [0.15, 0.2) is 46.4 Å². The Kier molecular flexibility index (Phi) is 7.84. The van der Waals surface area contributed by atoms with E-state index >= 15 is 0 Å². The van der Waals surface area contributed by atoms with Crippen molar-refractivity contribution in [1.29, 1.82) is 0 Å². The molecule has 0 bridgehead atoms. The predicted molar refractivity (Wildman–Crippen MR) is 132 cm³/mol. The number of rotatable bonds is 9. The molecule has 1 saturated heterocycles.